The molecule has 25 nitrogen and oxygen atoms in total. The topological polar surface area (TPSA) is 317 Å². The SMILES string of the molecule is CN=C(NC(=O)OC(=O)c1ccc([N+](=O)[O-])cc1)N(CC[N+](C)(C)Cc1cccc2c(OCC3=C(C(=O)OC(=O)c4ccc([N+](=O)[O-])cc4)N4C(=O)[C@H](C(C)C)[C@H]4[C@H]3C)cccc12)C(=O)OC(=O)c1ccc([N+](=O)[O-])cc1. The van der Waals surface area contributed by atoms with Gasteiger partial charge in [-0.3, -0.25) is 45.4 Å². The number of fused-ring (bicyclic) bond motifs is 2. The quantitative estimate of drug-likeness (QED) is 0.0118. The molecule has 2 heterocycles. The summed E-state index contributed by atoms with van der Waals surface area (Å²) in [5, 5.41) is 37.0. The van der Waals surface area contributed by atoms with Gasteiger partial charge in [-0.2, -0.15) is 0 Å². The summed E-state index contributed by atoms with van der Waals surface area (Å²) in [7, 11) is 4.84. The lowest BCUT2D eigenvalue weighted by atomic mass is 9.74. The van der Waals surface area contributed by atoms with Crippen molar-refractivity contribution in [1.29, 1.82) is 0 Å². The summed E-state index contributed by atoms with van der Waals surface area (Å²) in [6.45, 7) is 5.55. The average molecular weight is 1060 g/mol. The van der Waals surface area contributed by atoms with Crippen LogP contribution in [0.5, 0.6) is 5.75 Å². The summed E-state index contributed by atoms with van der Waals surface area (Å²) >= 11 is 0. The van der Waals surface area contributed by atoms with Crippen molar-refractivity contribution >= 4 is 75.8 Å². The van der Waals surface area contributed by atoms with E-state index in [1.165, 1.54) is 11.9 Å². The van der Waals surface area contributed by atoms with Crippen molar-refractivity contribution in [1.82, 2.24) is 15.1 Å². The Balaban J connectivity index is 1.10. The molecule has 0 bridgehead atoms. The van der Waals surface area contributed by atoms with E-state index in [4.69, 9.17) is 18.9 Å². The fraction of sp³-hybridized carbons (Fsp3) is 0.269. The zero-order chi connectivity index (χ0) is 56.0. The fourth-order valence-corrected chi connectivity index (χ4v) is 9.02. The van der Waals surface area contributed by atoms with Crippen molar-refractivity contribution in [2.45, 2.75) is 33.4 Å². The highest BCUT2D eigenvalue weighted by molar-refractivity contribution is 6.08. The van der Waals surface area contributed by atoms with Crippen molar-refractivity contribution in [2.75, 3.05) is 40.8 Å². The number of β-lactam (4-membered cyclic amide) rings is 1. The number of esters is 4. The number of carbonyl (C=O) groups is 7. The van der Waals surface area contributed by atoms with Gasteiger partial charge in [-0.25, -0.2) is 33.7 Å². The van der Waals surface area contributed by atoms with E-state index in [1.807, 2.05) is 53.1 Å². The van der Waals surface area contributed by atoms with Gasteiger partial charge < -0.3 is 28.3 Å². The number of benzene rings is 5. The number of nitrogens with zero attached hydrogens (tertiary/aromatic N) is 7. The zero-order valence-corrected chi connectivity index (χ0v) is 42.1. The molecule has 1 saturated heterocycles. The molecule has 398 valence electrons. The molecule has 3 amide bonds. The molecule has 3 atom stereocenters. The maximum Gasteiger partial charge on any atom is 0.424 e. The lowest BCUT2D eigenvalue weighted by Crippen LogP contribution is -2.62. The highest BCUT2D eigenvalue weighted by Gasteiger charge is 2.59. The maximum absolute atomic E-state index is 13.9. The number of hydrogen-bond acceptors (Lipinski definition) is 18. The van der Waals surface area contributed by atoms with Crippen LogP contribution in [0.3, 0.4) is 0 Å². The molecule has 1 N–H and O–H groups in total. The number of quaternary nitrogens is 1. The molecule has 0 unspecified atom stereocenters. The van der Waals surface area contributed by atoms with E-state index in [-0.39, 0.29) is 81.4 Å². The molecule has 0 spiro atoms. The number of guanidine groups is 1. The summed E-state index contributed by atoms with van der Waals surface area (Å²) in [5.74, 6) is -5.85. The van der Waals surface area contributed by atoms with Gasteiger partial charge in [0.15, 0.2) is 0 Å². The molecule has 0 radical (unpaired) electrons. The lowest BCUT2D eigenvalue weighted by molar-refractivity contribution is -0.902. The second-order valence-electron chi connectivity index (χ2n) is 18.8. The van der Waals surface area contributed by atoms with E-state index in [0.717, 1.165) is 88.6 Å². The number of likely N-dealkylation sites (N-methyl/N-ethyl adjacent to an activating group) is 1. The first-order valence-corrected chi connectivity index (χ1v) is 23.5. The van der Waals surface area contributed by atoms with Gasteiger partial charge in [-0.05, 0) is 53.8 Å². The smallest absolute Gasteiger partial charge is 0.424 e. The second kappa shape index (κ2) is 22.8. The summed E-state index contributed by atoms with van der Waals surface area (Å²) in [4.78, 5) is 131. The molecule has 0 aliphatic carbocycles. The fourth-order valence-electron chi connectivity index (χ4n) is 9.02. The van der Waals surface area contributed by atoms with Crippen molar-refractivity contribution in [2.24, 2.45) is 22.7 Å². The Kier molecular flexibility index (Phi) is 16.3. The molecular formula is C52H49N8O17+. The zero-order valence-electron chi connectivity index (χ0n) is 42.1. The summed E-state index contributed by atoms with van der Waals surface area (Å²) in [5.41, 5.74) is -0.375. The Bertz CT molecular complexity index is 3300. The largest absolute Gasteiger partial charge is 0.488 e. The van der Waals surface area contributed by atoms with Gasteiger partial charge in [-0.15, -0.1) is 0 Å². The minimum atomic E-state index is -1.42. The van der Waals surface area contributed by atoms with Crippen LogP contribution >= 0.6 is 0 Å². The Morgan fingerprint density at radius 1 is 0.701 bits per heavy atom. The molecule has 5 aromatic rings. The number of nitro benzene ring substituents is 3. The maximum atomic E-state index is 13.9. The number of nitro groups is 3. The number of non-ortho nitro benzene ring substituents is 3. The first-order valence-electron chi connectivity index (χ1n) is 23.5. The van der Waals surface area contributed by atoms with E-state index in [1.54, 1.807) is 18.2 Å². The number of alkyl carbamates (subject to hydrolysis) is 1. The molecule has 25 heteroatoms. The Morgan fingerprint density at radius 2 is 1.19 bits per heavy atom. The molecular weight excluding hydrogens is 1010 g/mol. The van der Waals surface area contributed by atoms with E-state index >= 15 is 0 Å². The predicted molar refractivity (Wildman–Crippen MR) is 270 cm³/mol. The third kappa shape index (κ3) is 12.1. The second-order valence-corrected chi connectivity index (χ2v) is 18.8. The molecule has 5 aromatic carbocycles. The standard InChI is InChI=1S/C52H48N8O17/c1-29(2)42-43-30(3)40(44(56(43)45(42)61)49(65)75-46(62)31-13-19-35(20-14-31)57(68)69)28-74-41-12-8-10-38-34(9-7-11-39(38)41)27-60(5,6)26-25-55(52(67)77-48(64)33-17-23-37(24-18-33)59(72)73)50(53-4)54-51(66)76-47(63)32-15-21-36(22-16-32)58(70)71/h7-24,29-30,42-43H,25-28H2,1-6H3/p+1/t30-,42+,43+/m0/s1. The van der Waals surface area contributed by atoms with E-state index in [9.17, 15) is 63.9 Å². The van der Waals surface area contributed by atoms with Crippen LogP contribution < -0.4 is 10.1 Å². The lowest BCUT2D eigenvalue weighted by Gasteiger charge is -2.47. The number of hydrogen-bond donors (Lipinski definition) is 1. The highest BCUT2D eigenvalue weighted by atomic mass is 16.6. The first kappa shape index (κ1) is 55.0. The third-order valence-corrected chi connectivity index (χ3v) is 13.0. The van der Waals surface area contributed by atoms with Gasteiger partial charge >= 0.3 is 36.1 Å². The minimum Gasteiger partial charge on any atom is -0.488 e. The molecule has 2 aliphatic heterocycles. The summed E-state index contributed by atoms with van der Waals surface area (Å²) in [6.07, 6.45) is -2.75. The Morgan fingerprint density at radius 3 is 1.70 bits per heavy atom. The normalized spacial score (nSPS) is 16.0. The van der Waals surface area contributed by atoms with Gasteiger partial charge in [-0.1, -0.05) is 51.1 Å². The Hall–Kier alpha value is -9.78. The van der Waals surface area contributed by atoms with Gasteiger partial charge in [0.2, 0.25) is 11.9 Å². The van der Waals surface area contributed by atoms with Crippen LogP contribution in [0.4, 0.5) is 26.7 Å². The number of amides is 3. The van der Waals surface area contributed by atoms with Crippen LogP contribution in [0.25, 0.3) is 10.8 Å². The van der Waals surface area contributed by atoms with Crippen LogP contribution in [0.15, 0.2) is 125 Å². The van der Waals surface area contributed by atoms with Crippen molar-refractivity contribution in [3.05, 3.63) is 173 Å². The van der Waals surface area contributed by atoms with Crippen LogP contribution in [0.2, 0.25) is 0 Å². The van der Waals surface area contributed by atoms with Gasteiger partial charge in [0.25, 0.3) is 17.1 Å². The summed E-state index contributed by atoms with van der Waals surface area (Å²) in [6, 6.07) is 23.4. The van der Waals surface area contributed by atoms with Crippen LogP contribution in [-0.2, 0) is 30.3 Å². The van der Waals surface area contributed by atoms with Crippen LogP contribution in [0.1, 0.15) is 57.4 Å². The van der Waals surface area contributed by atoms with E-state index in [2.05, 4.69) is 10.3 Å². The van der Waals surface area contributed by atoms with Gasteiger partial charge in [0.1, 0.15) is 24.6 Å². The Labute approximate surface area is 437 Å². The van der Waals surface area contributed by atoms with Crippen LogP contribution in [-0.4, -0.2) is 124 Å². The third-order valence-electron chi connectivity index (χ3n) is 13.0. The van der Waals surface area contributed by atoms with Gasteiger partial charge in [0.05, 0.1) is 70.6 Å². The van der Waals surface area contributed by atoms with Gasteiger partial charge in [0, 0.05) is 65.9 Å². The highest BCUT2D eigenvalue weighted by Crippen LogP contribution is 2.49. The van der Waals surface area contributed by atoms with Crippen molar-refractivity contribution in [3.63, 3.8) is 0 Å². The molecule has 77 heavy (non-hydrogen) atoms. The monoisotopic (exact) mass is 1060 g/mol. The number of aliphatic imine (C=N–C) groups is 1. The summed E-state index contributed by atoms with van der Waals surface area (Å²) < 4.78 is 21.9. The van der Waals surface area contributed by atoms with Crippen LogP contribution in [0, 0.1) is 48.1 Å². The van der Waals surface area contributed by atoms with Crippen molar-refractivity contribution in [3.8, 4) is 5.75 Å². The number of rotatable bonds is 16. The molecule has 2 aliphatic rings. The van der Waals surface area contributed by atoms with E-state index in [0.29, 0.717) is 23.3 Å². The first-order chi connectivity index (χ1) is 36.5. The average Bonchev–Trinajstić information content (AvgIpc) is 3.81. The number of ether oxygens (including phenoxy) is 4. The number of nitrogens with one attached hydrogen (secondary N) is 1. The molecule has 0 saturated carbocycles. The minimum absolute atomic E-state index is 0.0719. The van der Waals surface area contributed by atoms with E-state index < -0.39 is 68.8 Å². The number of carbonyl (C=O) groups excluding carboxylic acids is 7. The molecule has 7 rings (SSSR count). The van der Waals surface area contributed by atoms with Crippen molar-refractivity contribution < 1.29 is 71.8 Å². The predicted octanol–water partition coefficient (Wildman–Crippen LogP) is 7.12. The molecule has 0 aromatic heterocycles. The molecule has 1 fully saturated rings.